The van der Waals surface area contributed by atoms with Crippen molar-refractivity contribution in [3.05, 3.63) is 0 Å². The molecule has 1 saturated heterocycles. The Morgan fingerprint density at radius 1 is 1.57 bits per heavy atom. The van der Waals surface area contributed by atoms with Gasteiger partial charge in [-0.25, -0.2) is 0 Å². The van der Waals surface area contributed by atoms with Gasteiger partial charge in [0, 0.05) is 27.2 Å². The highest BCUT2D eigenvalue weighted by Crippen LogP contribution is 2.41. The summed E-state index contributed by atoms with van der Waals surface area (Å²) in [7, 11) is -1.59. The molecule has 1 rings (SSSR count). The molecule has 1 aliphatic rings. The third-order valence-electron chi connectivity index (χ3n) is 1.97. The minimum atomic E-state index is -4.17. The van der Waals surface area contributed by atoms with Gasteiger partial charge in [-0.1, -0.05) is 0 Å². The number of rotatable bonds is 5. The standard InChI is InChI=1S/C7H15O6P/c1-10-5-7-6(3-4-12-7)13-14(8,9)11-2/h6-7H,3-5H2,1-2H3,(H,8,9)/p-1/t6-,7-/m1/s1. The molecule has 6 nitrogen and oxygen atoms in total. The van der Waals surface area contributed by atoms with E-state index in [0.717, 1.165) is 7.11 Å². The Hall–Kier alpha value is 0.0300. The number of phosphoric ester groups is 1. The van der Waals surface area contributed by atoms with Crippen LogP contribution in [0, 0.1) is 0 Å². The Bertz CT molecular complexity index is 220. The van der Waals surface area contributed by atoms with Crippen molar-refractivity contribution >= 4 is 7.82 Å². The van der Waals surface area contributed by atoms with Crippen molar-refractivity contribution in [3.63, 3.8) is 0 Å². The van der Waals surface area contributed by atoms with Crippen molar-refractivity contribution in [2.75, 3.05) is 27.4 Å². The van der Waals surface area contributed by atoms with Crippen LogP contribution >= 0.6 is 7.82 Å². The molecule has 0 aromatic carbocycles. The van der Waals surface area contributed by atoms with Crippen molar-refractivity contribution in [2.45, 2.75) is 18.6 Å². The molecule has 7 heteroatoms. The molecule has 0 radical (unpaired) electrons. The van der Waals surface area contributed by atoms with Crippen molar-refractivity contribution in [2.24, 2.45) is 0 Å². The maximum absolute atomic E-state index is 11.0. The molecule has 1 fully saturated rings. The second kappa shape index (κ2) is 5.21. The van der Waals surface area contributed by atoms with Crippen molar-refractivity contribution in [1.82, 2.24) is 0 Å². The van der Waals surface area contributed by atoms with E-state index in [4.69, 9.17) is 14.0 Å². The predicted octanol–water partition coefficient (Wildman–Crippen LogP) is -0.0783. The number of hydrogen-bond acceptors (Lipinski definition) is 6. The lowest BCUT2D eigenvalue weighted by Crippen LogP contribution is -2.29. The topological polar surface area (TPSA) is 77.1 Å². The first-order valence-corrected chi connectivity index (χ1v) is 5.71. The largest absolute Gasteiger partial charge is 0.756 e. The first-order chi connectivity index (χ1) is 6.59. The Morgan fingerprint density at radius 2 is 2.29 bits per heavy atom. The van der Waals surface area contributed by atoms with Crippen molar-refractivity contribution < 1.29 is 28.0 Å². The normalized spacial score (nSPS) is 31.6. The van der Waals surface area contributed by atoms with Crippen LogP contribution < -0.4 is 4.89 Å². The smallest absolute Gasteiger partial charge is 0.267 e. The Labute approximate surface area is 82.7 Å². The molecule has 84 valence electrons. The lowest BCUT2D eigenvalue weighted by molar-refractivity contribution is -0.229. The van der Waals surface area contributed by atoms with E-state index in [1.807, 2.05) is 0 Å². The van der Waals surface area contributed by atoms with Crippen LogP contribution in [0.1, 0.15) is 6.42 Å². The summed E-state index contributed by atoms with van der Waals surface area (Å²) in [5.41, 5.74) is 0. The molecular formula is C7H14O6P-. The van der Waals surface area contributed by atoms with Crippen LogP contribution in [-0.2, 0) is 23.1 Å². The maximum Gasteiger partial charge on any atom is 0.267 e. The molecule has 3 atom stereocenters. The summed E-state index contributed by atoms with van der Waals surface area (Å²) in [6.45, 7) is 0.788. The van der Waals surface area contributed by atoms with Crippen LogP contribution in [0.4, 0.5) is 0 Å². The molecule has 0 aromatic heterocycles. The van der Waals surface area contributed by atoms with E-state index in [0.29, 0.717) is 19.6 Å². The van der Waals surface area contributed by atoms with Crippen LogP contribution in [0.3, 0.4) is 0 Å². The van der Waals surface area contributed by atoms with E-state index >= 15 is 0 Å². The van der Waals surface area contributed by atoms with E-state index in [9.17, 15) is 9.46 Å². The van der Waals surface area contributed by atoms with E-state index in [-0.39, 0.29) is 6.10 Å². The van der Waals surface area contributed by atoms with E-state index < -0.39 is 13.9 Å². The fraction of sp³-hybridized carbons (Fsp3) is 1.00. The Morgan fingerprint density at radius 3 is 2.86 bits per heavy atom. The summed E-state index contributed by atoms with van der Waals surface area (Å²) in [5, 5.41) is 0. The van der Waals surface area contributed by atoms with Gasteiger partial charge < -0.3 is 23.4 Å². The summed E-state index contributed by atoms with van der Waals surface area (Å²) >= 11 is 0. The summed E-state index contributed by atoms with van der Waals surface area (Å²) in [4.78, 5) is 11.0. The lowest BCUT2D eigenvalue weighted by atomic mass is 10.2. The SMILES string of the molecule is COC[C@H]1OCC[C@H]1OP(=O)([O-])OC. The minimum Gasteiger partial charge on any atom is -0.756 e. The van der Waals surface area contributed by atoms with Gasteiger partial charge in [0.05, 0.1) is 12.7 Å². The van der Waals surface area contributed by atoms with Gasteiger partial charge in [-0.15, -0.1) is 0 Å². The van der Waals surface area contributed by atoms with Gasteiger partial charge in [0.25, 0.3) is 7.82 Å². The van der Waals surface area contributed by atoms with Crippen molar-refractivity contribution in [1.29, 1.82) is 0 Å². The second-order valence-electron chi connectivity index (χ2n) is 2.93. The van der Waals surface area contributed by atoms with Crippen LogP contribution in [0.5, 0.6) is 0 Å². The third kappa shape index (κ3) is 3.31. The molecule has 0 N–H and O–H groups in total. The highest BCUT2D eigenvalue weighted by Gasteiger charge is 2.31. The molecular weight excluding hydrogens is 211 g/mol. The molecule has 1 aliphatic heterocycles. The Kier molecular flexibility index (Phi) is 4.50. The molecule has 1 heterocycles. The van der Waals surface area contributed by atoms with Gasteiger partial charge in [0.1, 0.15) is 6.10 Å². The molecule has 0 spiro atoms. The summed E-state index contributed by atoms with van der Waals surface area (Å²) in [6.07, 6.45) is -0.306. The first kappa shape index (κ1) is 12.1. The highest BCUT2D eigenvalue weighted by atomic mass is 31.2. The molecule has 0 saturated carbocycles. The molecule has 0 amide bonds. The van der Waals surface area contributed by atoms with E-state index in [1.165, 1.54) is 7.11 Å². The zero-order valence-electron chi connectivity index (χ0n) is 8.17. The predicted molar refractivity (Wildman–Crippen MR) is 45.7 cm³/mol. The number of phosphoric acid groups is 1. The molecule has 1 unspecified atom stereocenters. The van der Waals surface area contributed by atoms with E-state index in [1.54, 1.807) is 0 Å². The number of hydrogen-bond donors (Lipinski definition) is 0. The molecule has 0 bridgehead atoms. The minimum absolute atomic E-state index is 0.314. The van der Waals surface area contributed by atoms with Crippen LogP contribution in [0.2, 0.25) is 0 Å². The molecule has 0 aliphatic carbocycles. The van der Waals surface area contributed by atoms with Gasteiger partial charge in [0.2, 0.25) is 0 Å². The first-order valence-electron chi connectivity index (χ1n) is 4.25. The fourth-order valence-electron chi connectivity index (χ4n) is 1.28. The number of ether oxygens (including phenoxy) is 2. The Balaban J connectivity index is 2.47. The van der Waals surface area contributed by atoms with Gasteiger partial charge in [0.15, 0.2) is 0 Å². The summed E-state index contributed by atoms with van der Waals surface area (Å²) in [6, 6.07) is 0. The fourth-order valence-corrected chi connectivity index (χ4v) is 1.94. The summed E-state index contributed by atoms with van der Waals surface area (Å²) in [5.74, 6) is 0. The number of methoxy groups -OCH3 is 1. The summed E-state index contributed by atoms with van der Waals surface area (Å²) < 4.78 is 30.1. The lowest BCUT2D eigenvalue weighted by Gasteiger charge is -2.26. The van der Waals surface area contributed by atoms with E-state index in [2.05, 4.69) is 4.52 Å². The van der Waals surface area contributed by atoms with Crippen LogP contribution in [-0.4, -0.2) is 39.6 Å². The highest BCUT2D eigenvalue weighted by molar-refractivity contribution is 7.45. The maximum atomic E-state index is 11.0. The molecule has 0 aromatic rings. The van der Waals surface area contributed by atoms with Gasteiger partial charge >= 0.3 is 0 Å². The quantitative estimate of drug-likeness (QED) is 0.609. The average molecular weight is 225 g/mol. The molecule has 14 heavy (non-hydrogen) atoms. The second-order valence-corrected chi connectivity index (χ2v) is 4.40. The van der Waals surface area contributed by atoms with Crippen molar-refractivity contribution in [3.8, 4) is 0 Å². The van der Waals surface area contributed by atoms with Gasteiger partial charge in [-0.3, -0.25) is 4.57 Å². The third-order valence-corrected chi connectivity index (χ3v) is 2.94. The average Bonchev–Trinajstić information content (AvgIpc) is 2.53. The zero-order chi connectivity index (χ0) is 10.6. The monoisotopic (exact) mass is 225 g/mol. The van der Waals surface area contributed by atoms with Gasteiger partial charge in [-0.05, 0) is 0 Å². The zero-order valence-corrected chi connectivity index (χ0v) is 9.07. The van der Waals surface area contributed by atoms with Gasteiger partial charge in [-0.2, -0.15) is 0 Å². The van der Waals surface area contributed by atoms with Crippen LogP contribution in [0.15, 0.2) is 0 Å². The van der Waals surface area contributed by atoms with Crippen LogP contribution in [0.25, 0.3) is 0 Å².